The smallest absolute Gasteiger partial charge is 0.256 e. The normalized spacial score (nSPS) is 10.9. The zero-order valence-electron chi connectivity index (χ0n) is 16.5. The zero-order valence-corrected chi connectivity index (χ0v) is 17.2. The van der Waals surface area contributed by atoms with Gasteiger partial charge in [0, 0.05) is 19.7 Å². The van der Waals surface area contributed by atoms with Crippen LogP contribution in [0, 0.1) is 6.92 Å². The van der Waals surface area contributed by atoms with Crippen LogP contribution in [0.3, 0.4) is 0 Å². The monoisotopic (exact) mass is 423 g/mol. The number of nitrogens with one attached hydrogen (secondary N) is 2. The van der Waals surface area contributed by atoms with Crippen molar-refractivity contribution in [2.75, 3.05) is 10.6 Å². The molecule has 0 aliphatic heterocycles. The van der Waals surface area contributed by atoms with Gasteiger partial charge in [-0.1, -0.05) is 11.6 Å². The Morgan fingerprint density at radius 2 is 1.97 bits per heavy atom. The molecule has 4 rings (SSSR count). The number of pyridine rings is 1. The Hall–Kier alpha value is -3.65. The fraction of sp³-hybridized carbons (Fsp3) is 0.143. The largest absolute Gasteiger partial charge is 0.463 e. The predicted molar refractivity (Wildman–Crippen MR) is 115 cm³/mol. The van der Waals surface area contributed by atoms with Gasteiger partial charge < -0.3 is 15.1 Å². The fourth-order valence-corrected chi connectivity index (χ4v) is 3.49. The van der Waals surface area contributed by atoms with Gasteiger partial charge in [0.15, 0.2) is 11.4 Å². The molecule has 152 valence electrons. The van der Waals surface area contributed by atoms with E-state index in [2.05, 4.69) is 20.7 Å². The molecule has 0 radical (unpaired) electrons. The summed E-state index contributed by atoms with van der Waals surface area (Å²) >= 11 is 6.30. The number of aromatic nitrogens is 3. The van der Waals surface area contributed by atoms with E-state index in [4.69, 9.17) is 16.0 Å². The Morgan fingerprint density at radius 3 is 2.63 bits per heavy atom. The van der Waals surface area contributed by atoms with Crippen LogP contribution in [0.1, 0.15) is 23.0 Å². The van der Waals surface area contributed by atoms with Gasteiger partial charge in [0.25, 0.3) is 5.91 Å². The minimum absolute atomic E-state index is 0.209. The number of amides is 2. The van der Waals surface area contributed by atoms with E-state index in [9.17, 15) is 9.59 Å². The molecule has 2 amide bonds. The summed E-state index contributed by atoms with van der Waals surface area (Å²) in [6.07, 6.45) is 1.55. The van der Waals surface area contributed by atoms with Crippen LogP contribution in [-0.4, -0.2) is 26.6 Å². The first kappa shape index (κ1) is 19.7. The third kappa shape index (κ3) is 3.65. The summed E-state index contributed by atoms with van der Waals surface area (Å²) in [5.74, 6) is -0.0254. The Morgan fingerprint density at radius 1 is 1.17 bits per heavy atom. The number of benzene rings is 1. The van der Waals surface area contributed by atoms with Gasteiger partial charge in [-0.3, -0.25) is 14.3 Å². The summed E-state index contributed by atoms with van der Waals surface area (Å²) in [6.45, 7) is 3.23. The van der Waals surface area contributed by atoms with E-state index in [-0.39, 0.29) is 11.8 Å². The Bertz CT molecular complexity index is 1280. The van der Waals surface area contributed by atoms with Crippen molar-refractivity contribution >= 4 is 45.8 Å². The van der Waals surface area contributed by atoms with E-state index < -0.39 is 0 Å². The van der Waals surface area contributed by atoms with Crippen LogP contribution >= 0.6 is 11.6 Å². The van der Waals surface area contributed by atoms with E-state index in [0.29, 0.717) is 50.1 Å². The number of hydrogen-bond donors (Lipinski definition) is 2. The van der Waals surface area contributed by atoms with Crippen LogP contribution in [0.4, 0.5) is 11.4 Å². The number of anilines is 2. The molecule has 0 saturated heterocycles. The van der Waals surface area contributed by atoms with Crippen molar-refractivity contribution in [1.82, 2.24) is 14.8 Å². The standard InChI is InChI=1S/C21H18ClN5O3/c1-11-19-14(10-17(18-5-4-8-30-18)24-20(19)27(3)26-11)21(29)25-16-7-6-13(9-15(16)22)23-12(2)28/h4-10H,1-3H3,(H,23,28)(H,25,29). The first-order chi connectivity index (χ1) is 14.3. The highest BCUT2D eigenvalue weighted by Crippen LogP contribution is 2.30. The van der Waals surface area contributed by atoms with Gasteiger partial charge in [0.05, 0.1) is 33.6 Å². The van der Waals surface area contributed by atoms with Gasteiger partial charge >= 0.3 is 0 Å². The van der Waals surface area contributed by atoms with Crippen molar-refractivity contribution in [3.63, 3.8) is 0 Å². The minimum Gasteiger partial charge on any atom is -0.463 e. The maximum atomic E-state index is 13.2. The summed E-state index contributed by atoms with van der Waals surface area (Å²) in [7, 11) is 1.77. The third-order valence-electron chi connectivity index (χ3n) is 4.52. The van der Waals surface area contributed by atoms with Crippen molar-refractivity contribution < 1.29 is 14.0 Å². The number of hydrogen-bond acceptors (Lipinski definition) is 5. The molecule has 0 aliphatic carbocycles. The molecule has 8 nitrogen and oxygen atoms in total. The Labute approximate surface area is 176 Å². The fourth-order valence-electron chi connectivity index (χ4n) is 3.26. The van der Waals surface area contributed by atoms with Gasteiger partial charge in [0.1, 0.15) is 5.69 Å². The van der Waals surface area contributed by atoms with E-state index in [1.54, 1.807) is 54.4 Å². The van der Waals surface area contributed by atoms with Crippen molar-refractivity contribution in [2.45, 2.75) is 13.8 Å². The second kappa shape index (κ2) is 7.64. The maximum absolute atomic E-state index is 13.2. The molecular formula is C21H18ClN5O3. The van der Waals surface area contributed by atoms with Gasteiger partial charge in [-0.2, -0.15) is 5.10 Å². The molecular weight excluding hydrogens is 406 g/mol. The maximum Gasteiger partial charge on any atom is 0.256 e. The molecule has 3 aromatic heterocycles. The molecule has 2 N–H and O–H groups in total. The number of rotatable bonds is 4. The first-order valence-corrected chi connectivity index (χ1v) is 9.48. The van der Waals surface area contributed by atoms with E-state index in [1.807, 2.05) is 6.92 Å². The highest BCUT2D eigenvalue weighted by Gasteiger charge is 2.20. The van der Waals surface area contributed by atoms with Crippen LogP contribution in [0.2, 0.25) is 5.02 Å². The summed E-state index contributed by atoms with van der Waals surface area (Å²) in [5, 5.41) is 10.8. The molecule has 0 unspecified atom stereocenters. The summed E-state index contributed by atoms with van der Waals surface area (Å²) in [4.78, 5) is 29.0. The quantitative estimate of drug-likeness (QED) is 0.506. The third-order valence-corrected chi connectivity index (χ3v) is 4.84. The summed E-state index contributed by atoms with van der Waals surface area (Å²) in [6, 6.07) is 10.1. The van der Waals surface area contributed by atoms with Crippen molar-refractivity contribution in [3.8, 4) is 11.5 Å². The van der Waals surface area contributed by atoms with Crippen LogP contribution in [0.25, 0.3) is 22.5 Å². The highest BCUT2D eigenvalue weighted by atomic mass is 35.5. The molecule has 0 saturated carbocycles. The lowest BCUT2D eigenvalue weighted by atomic mass is 10.1. The topological polar surface area (TPSA) is 102 Å². The predicted octanol–water partition coefficient (Wildman–Crippen LogP) is 4.40. The number of carbonyl (C=O) groups is 2. The van der Waals surface area contributed by atoms with Gasteiger partial charge in [-0.05, 0) is 43.3 Å². The van der Waals surface area contributed by atoms with Crippen LogP contribution in [0.15, 0.2) is 47.1 Å². The Kier molecular flexibility index (Phi) is 5.01. The van der Waals surface area contributed by atoms with E-state index in [1.165, 1.54) is 6.92 Å². The number of aryl methyl sites for hydroxylation is 2. The molecule has 3 heterocycles. The lowest BCUT2D eigenvalue weighted by molar-refractivity contribution is -0.114. The summed E-state index contributed by atoms with van der Waals surface area (Å²) in [5.41, 5.74) is 3.13. The average Bonchev–Trinajstić information content (AvgIpc) is 3.32. The molecule has 9 heteroatoms. The molecule has 0 aliphatic rings. The highest BCUT2D eigenvalue weighted by molar-refractivity contribution is 6.34. The Balaban J connectivity index is 1.75. The lowest BCUT2D eigenvalue weighted by Crippen LogP contribution is -2.14. The van der Waals surface area contributed by atoms with Gasteiger partial charge in [-0.25, -0.2) is 4.98 Å². The first-order valence-electron chi connectivity index (χ1n) is 9.10. The van der Waals surface area contributed by atoms with Crippen molar-refractivity contribution in [1.29, 1.82) is 0 Å². The number of furan rings is 1. The van der Waals surface area contributed by atoms with Crippen molar-refractivity contribution in [2.24, 2.45) is 7.05 Å². The van der Waals surface area contributed by atoms with E-state index in [0.717, 1.165) is 0 Å². The van der Waals surface area contributed by atoms with Crippen LogP contribution in [-0.2, 0) is 11.8 Å². The molecule has 0 fully saturated rings. The van der Waals surface area contributed by atoms with Crippen LogP contribution < -0.4 is 10.6 Å². The molecule has 30 heavy (non-hydrogen) atoms. The number of fused-ring (bicyclic) bond motifs is 1. The lowest BCUT2D eigenvalue weighted by Gasteiger charge is -2.11. The van der Waals surface area contributed by atoms with E-state index >= 15 is 0 Å². The number of halogens is 1. The average molecular weight is 424 g/mol. The van der Waals surface area contributed by atoms with Crippen LogP contribution in [0.5, 0.6) is 0 Å². The summed E-state index contributed by atoms with van der Waals surface area (Å²) < 4.78 is 7.08. The molecule has 0 spiro atoms. The van der Waals surface area contributed by atoms with Gasteiger partial charge in [0.2, 0.25) is 5.91 Å². The zero-order chi connectivity index (χ0) is 21.4. The van der Waals surface area contributed by atoms with Crippen molar-refractivity contribution in [3.05, 3.63) is 58.9 Å². The molecule has 4 aromatic rings. The molecule has 0 atom stereocenters. The van der Waals surface area contributed by atoms with Gasteiger partial charge in [-0.15, -0.1) is 0 Å². The number of nitrogens with zero attached hydrogens (tertiary/aromatic N) is 3. The minimum atomic E-state index is -0.361. The second-order valence-corrected chi connectivity index (χ2v) is 7.18. The number of carbonyl (C=O) groups excluding carboxylic acids is 2. The molecule has 1 aromatic carbocycles. The molecule has 0 bridgehead atoms. The second-order valence-electron chi connectivity index (χ2n) is 6.77. The SMILES string of the molecule is CC(=O)Nc1ccc(NC(=O)c2cc(-c3ccco3)nc3c2c(C)nn3C)c(Cl)c1.